The Morgan fingerprint density at radius 1 is 1.33 bits per heavy atom. The molecule has 1 radical (unpaired) electrons. The van der Waals surface area contributed by atoms with E-state index in [0.29, 0.717) is 5.92 Å². The van der Waals surface area contributed by atoms with Crippen molar-refractivity contribution in [3.05, 3.63) is 34.9 Å². The first-order chi connectivity index (χ1) is 7.31. The SMILES string of the molecule is OCC1C[N]CCC1c1ccc(Cl)cc1. The van der Waals surface area contributed by atoms with E-state index in [1.54, 1.807) is 0 Å². The van der Waals surface area contributed by atoms with Crippen molar-refractivity contribution >= 4 is 11.6 Å². The van der Waals surface area contributed by atoms with Crippen LogP contribution in [-0.4, -0.2) is 24.8 Å². The molecule has 81 valence electrons. The molecule has 1 aromatic carbocycles. The average Bonchev–Trinajstić information content (AvgIpc) is 2.30. The van der Waals surface area contributed by atoms with Gasteiger partial charge >= 0.3 is 0 Å². The quantitative estimate of drug-likeness (QED) is 0.820. The third kappa shape index (κ3) is 2.51. The molecule has 0 aromatic heterocycles. The van der Waals surface area contributed by atoms with Crippen LogP contribution in [-0.2, 0) is 0 Å². The molecule has 2 nitrogen and oxygen atoms in total. The summed E-state index contributed by atoms with van der Waals surface area (Å²) in [4.78, 5) is 0. The summed E-state index contributed by atoms with van der Waals surface area (Å²) in [6.45, 7) is 1.91. The fraction of sp³-hybridized carbons (Fsp3) is 0.500. The topological polar surface area (TPSA) is 34.3 Å². The van der Waals surface area contributed by atoms with E-state index in [1.807, 2.05) is 12.1 Å². The van der Waals surface area contributed by atoms with Gasteiger partial charge in [0.05, 0.1) is 0 Å². The van der Waals surface area contributed by atoms with E-state index in [2.05, 4.69) is 17.4 Å². The van der Waals surface area contributed by atoms with Gasteiger partial charge in [0.25, 0.3) is 0 Å². The van der Waals surface area contributed by atoms with Crippen LogP contribution in [0.1, 0.15) is 17.9 Å². The summed E-state index contributed by atoms with van der Waals surface area (Å²) >= 11 is 5.85. The highest BCUT2D eigenvalue weighted by atomic mass is 35.5. The minimum absolute atomic E-state index is 0.219. The molecule has 0 saturated carbocycles. The van der Waals surface area contributed by atoms with Gasteiger partial charge in [-0.25, -0.2) is 5.32 Å². The molecule has 15 heavy (non-hydrogen) atoms. The molecule has 1 N–H and O–H groups in total. The van der Waals surface area contributed by atoms with E-state index in [1.165, 1.54) is 5.56 Å². The van der Waals surface area contributed by atoms with E-state index >= 15 is 0 Å². The fourth-order valence-corrected chi connectivity index (χ4v) is 2.31. The number of aliphatic hydroxyl groups is 1. The lowest BCUT2D eigenvalue weighted by Gasteiger charge is -2.30. The van der Waals surface area contributed by atoms with Gasteiger partial charge < -0.3 is 5.11 Å². The summed E-state index contributed by atoms with van der Waals surface area (Å²) in [6, 6.07) is 7.94. The predicted octanol–water partition coefficient (Wildman–Crippen LogP) is 2.04. The Bertz CT molecular complexity index is 312. The molecular weight excluding hydrogens is 210 g/mol. The van der Waals surface area contributed by atoms with E-state index in [9.17, 15) is 5.11 Å². The standard InChI is InChI=1S/C12H15ClNO/c13-11-3-1-9(2-4-11)12-5-6-14-7-10(12)8-15/h1-4,10,12,15H,5-8H2. The fourth-order valence-electron chi connectivity index (χ4n) is 2.18. The van der Waals surface area contributed by atoms with Gasteiger partial charge in [-0.15, -0.1) is 0 Å². The molecule has 1 aliphatic heterocycles. The molecule has 1 aliphatic rings. The van der Waals surface area contributed by atoms with Crippen molar-refractivity contribution in [2.24, 2.45) is 5.92 Å². The van der Waals surface area contributed by atoms with Crippen LogP contribution in [0, 0.1) is 5.92 Å². The minimum atomic E-state index is 0.219. The Hall–Kier alpha value is -0.570. The molecule has 1 heterocycles. The van der Waals surface area contributed by atoms with Crippen LogP contribution >= 0.6 is 11.6 Å². The summed E-state index contributed by atoms with van der Waals surface area (Å²) in [5, 5.41) is 14.4. The van der Waals surface area contributed by atoms with Crippen LogP contribution in [0.4, 0.5) is 0 Å². The van der Waals surface area contributed by atoms with Crippen LogP contribution in [0.2, 0.25) is 5.02 Å². The molecule has 2 unspecified atom stereocenters. The summed E-state index contributed by atoms with van der Waals surface area (Å²) in [7, 11) is 0. The number of hydrogen-bond acceptors (Lipinski definition) is 1. The van der Waals surface area contributed by atoms with Gasteiger partial charge in [0, 0.05) is 30.6 Å². The molecule has 1 saturated heterocycles. The Labute approximate surface area is 95.3 Å². The largest absolute Gasteiger partial charge is 0.396 e. The van der Waals surface area contributed by atoms with E-state index in [0.717, 1.165) is 24.5 Å². The maximum Gasteiger partial charge on any atom is 0.0477 e. The third-order valence-electron chi connectivity index (χ3n) is 3.06. The van der Waals surface area contributed by atoms with Gasteiger partial charge in [-0.3, -0.25) is 0 Å². The maximum absolute atomic E-state index is 9.29. The van der Waals surface area contributed by atoms with Gasteiger partial charge in [-0.05, 0) is 30.0 Å². The Balaban J connectivity index is 2.16. The van der Waals surface area contributed by atoms with Crippen molar-refractivity contribution in [3.8, 4) is 0 Å². The summed E-state index contributed by atoms with van der Waals surface area (Å²) in [6.07, 6.45) is 1.03. The molecule has 2 rings (SSSR count). The number of piperidine rings is 1. The summed E-state index contributed by atoms with van der Waals surface area (Å²) < 4.78 is 0. The number of hydrogen-bond donors (Lipinski definition) is 1. The number of nitrogens with zero attached hydrogens (tertiary/aromatic N) is 1. The van der Waals surface area contributed by atoms with Gasteiger partial charge in [-0.1, -0.05) is 23.7 Å². The monoisotopic (exact) mass is 224 g/mol. The van der Waals surface area contributed by atoms with Gasteiger partial charge in [0.2, 0.25) is 0 Å². The van der Waals surface area contributed by atoms with Crippen LogP contribution in [0.15, 0.2) is 24.3 Å². The molecule has 0 bridgehead atoms. The molecule has 3 heteroatoms. The number of rotatable bonds is 2. The van der Waals surface area contributed by atoms with Crippen molar-refractivity contribution < 1.29 is 5.11 Å². The Morgan fingerprint density at radius 2 is 2.07 bits per heavy atom. The van der Waals surface area contributed by atoms with E-state index in [4.69, 9.17) is 11.6 Å². The van der Waals surface area contributed by atoms with Crippen molar-refractivity contribution in [2.75, 3.05) is 19.7 Å². The lowest BCUT2D eigenvalue weighted by atomic mass is 9.82. The molecule has 0 amide bonds. The molecular formula is C12H15ClNO. The first kappa shape index (κ1) is 10.9. The second kappa shape index (κ2) is 4.97. The highest BCUT2D eigenvalue weighted by molar-refractivity contribution is 6.30. The number of halogens is 1. The first-order valence-electron chi connectivity index (χ1n) is 5.31. The average molecular weight is 225 g/mol. The minimum Gasteiger partial charge on any atom is -0.396 e. The van der Waals surface area contributed by atoms with Crippen LogP contribution < -0.4 is 5.32 Å². The van der Waals surface area contributed by atoms with Crippen molar-refractivity contribution in [1.29, 1.82) is 0 Å². The highest BCUT2D eigenvalue weighted by Crippen LogP contribution is 2.30. The first-order valence-corrected chi connectivity index (χ1v) is 5.68. The number of benzene rings is 1. The smallest absolute Gasteiger partial charge is 0.0477 e. The zero-order valence-electron chi connectivity index (χ0n) is 8.56. The second-order valence-corrected chi connectivity index (χ2v) is 4.46. The number of aliphatic hydroxyl groups excluding tert-OH is 1. The van der Waals surface area contributed by atoms with E-state index in [-0.39, 0.29) is 12.5 Å². The van der Waals surface area contributed by atoms with Crippen LogP contribution in [0.5, 0.6) is 0 Å². The van der Waals surface area contributed by atoms with Crippen LogP contribution in [0.3, 0.4) is 0 Å². The Kier molecular flexibility index (Phi) is 3.62. The molecule has 2 atom stereocenters. The lowest BCUT2D eigenvalue weighted by molar-refractivity contribution is 0.178. The van der Waals surface area contributed by atoms with Gasteiger partial charge in [-0.2, -0.15) is 0 Å². The molecule has 0 spiro atoms. The molecule has 1 aromatic rings. The van der Waals surface area contributed by atoms with Crippen molar-refractivity contribution in [2.45, 2.75) is 12.3 Å². The highest BCUT2D eigenvalue weighted by Gasteiger charge is 2.26. The van der Waals surface area contributed by atoms with Gasteiger partial charge in [0.15, 0.2) is 0 Å². The molecule has 0 aliphatic carbocycles. The molecule has 1 fully saturated rings. The van der Waals surface area contributed by atoms with Crippen molar-refractivity contribution in [3.63, 3.8) is 0 Å². The normalized spacial score (nSPS) is 26.5. The summed E-state index contributed by atoms with van der Waals surface area (Å²) in [5.74, 6) is 0.713. The lowest BCUT2D eigenvalue weighted by Crippen LogP contribution is -2.33. The third-order valence-corrected chi connectivity index (χ3v) is 3.32. The van der Waals surface area contributed by atoms with Crippen LogP contribution in [0.25, 0.3) is 0 Å². The zero-order chi connectivity index (χ0) is 10.7. The second-order valence-electron chi connectivity index (χ2n) is 4.02. The summed E-state index contributed by atoms with van der Waals surface area (Å²) in [5.41, 5.74) is 1.27. The van der Waals surface area contributed by atoms with E-state index < -0.39 is 0 Å². The van der Waals surface area contributed by atoms with Crippen molar-refractivity contribution in [1.82, 2.24) is 5.32 Å². The predicted molar refractivity (Wildman–Crippen MR) is 61.3 cm³/mol. The maximum atomic E-state index is 9.29. The Morgan fingerprint density at radius 3 is 2.73 bits per heavy atom. The van der Waals surface area contributed by atoms with Gasteiger partial charge in [0.1, 0.15) is 0 Å². The zero-order valence-corrected chi connectivity index (χ0v) is 9.32.